The third kappa shape index (κ3) is 2.60. The highest BCUT2D eigenvalue weighted by Gasteiger charge is 2.12. The molecular weight excluding hydrogens is 254 g/mol. The second-order valence-electron chi connectivity index (χ2n) is 4.94. The zero-order chi connectivity index (χ0) is 13.9. The van der Waals surface area contributed by atoms with Gasteiger partial charge in [0.15, 0.2) is 11.6 Å². The van der Waals surface area contributed by atoms with Gasteiger partial charge in [0.25, 0.3) is 0 Å². The molecule has 0 bridgehead atoms. The lowest BCUT2D eigenvalue weighted by Gasteiger charge is -2.27. The highest BCUT2D eigenvalue weighted by atomic mass is 16.5. The molecule has 2 aromatic rings. The highest BCUT2D eigenvalue weighted by Crippen LogP contribution is 2.14. The van der Waals surface area contributed by atoms with Crippen LogP contribution in [0.25, 0.3) is 0 Å². The van der Waals surface area contributed by atoms with E-state index in [2.05, 4.69) is 46.5 Å². The normalized spacial score (nSPS) is 15.4. The van der Waals surface area contributed by atoms with Crippen LogP contribution >= 0.6 is 0 Å². The van der Waals surface area contributed by atoms with Crippen molar-refractivity contribution in [2.24, 2.45) is 0 Å². The number of ether oxygens (including phenoxy) is 1. The van der Waals surface area contributed by atoms with Gasteiger partial charge in [-0.25, -0.2) is 0 Å². The minimum absolute atomic E-state index is 0.740. The van der Waals surface area contributed by atoms with Gasteiger partial charge in [-0.3, -0.25) is 10.1 Å². The van der Waals surface area contributed by atoms with E-state index in [-0.39, 0.29) is 0 Å². The number of aryl methyl sites for hydroxylation is 2. The van der Waals surface area contributed by atoms with Crippen LogP contribution in [0.1, 0.15) is 11.4 Å². The Hall–Kier alpha value is -2.08. The maximum absolute atomic E-state index is 5.34. The SMILES string of the molecule is Cc1ccc(C)n1Nc1ccc(N2CCOCC2)nn1. The predicted molar refractivity (Wildman–Crippen MR) is 78.0 cm³/mol. The monoisotopic (exact) mass is 273 g/mol. The van der Waals surface area contributed by atoms with E-state index in [1.54, 1.807) is 0 Å². The van der Waals surface area contributed by atoms with Gasteiger partial charge >= 0.3 is 0 Å². The topological polar surface area (TPSA) is 55.2 Å². The zero-order valence-electron chi connectivity index (χ0n) is 11.8. The summed E-state index contributed by atoms with van der Waals surface area (Å²) < 4.78 is 7.33. The van der Waals surface area contributed by atoms with Crippen molar-refractivity contribution in [1.82, 2.24) is 14.9 Å². The Labute approximate surface area is 118 Å². The molecule has 0 aromatic carbocycles. The van der Waals surface area contributed by atoms with Crippen LogP contribution in [-0.4, -0.2) is 41.2 Å². The van der Waals surface area contributed by atoms with Gasteiger partial charge in [-0.05, 0) is 38.1 Å². The summed E-state index contributed by atoms with van der Waals surface area (Å²) in [5.74, 6) is 1.64. The molecule has 0 saturated carbocycles. The number of hydrogen-bond acceptors (Lipinski definition) is 5. The smallest absolute Gasteiger partial charge is 0.167 e. The Kier molecular flexibility index (Phi) is 3.56. The van der Waals surface area contributed by atoms with Gasteiger partial charge < -0.3 is 9.64 Å². The molecule has 1 aliphatic heterocycles. The van der Waals surface area contributed by atoms with Crippen LogP contribution in [0.3, 0.4) is 0 Å². The lowest BCUT2D eigenvalue weighted by molar-refractivity contribution is 0.122. The van der Waals surface area contributed by atoms with Crippen LogP contribution in [-0.2, 0) is 4.74 Å². The number of anilines is 2. The van der Waals surface area contributed by atoms with Crippen molar-refractivity contribution in [1.29, 1.82) is 0 Å². The van der Waals surface area contributed by atoms with Gasteiger partial charge in [0, 0.05) is 24.5 Å². The summed E-state index contributed by atoms with van der Waals surface area (Å²) in [6.45, 7) is 7.35. The van der Waals surface area contributed by atoms with Crippen LogP contribution in [0.5, 0.6) is 0 Å². The molecule has 0 unspecified atom stereocenters. The lowest BCUT2D eigenvalue weighted by Crippen LogP contribution is -2.36. The second kappa shape index (κ2) is 5.50. The fraction of sp³-hybridized carbons (Fsp3) is 0.429. The molecule has 3 heterocycles. The van der Waals surface area contributed by atoms with Crippen molar-refractivity contribution in [3.8, 4) is 0 Å². The molecule has 0 atom stereocenters. The zero-order valence-corrected chi connectivity index (χ0v) is 11.8. The standard InChI is InChI=1S/C14H19N5O/c1-11-3-4-12(2)19(11)17-13-5-6-14(16-15-13)18-7-9-20-10-8-18/h3-6H,7-10H2,1-2H3,(H,15,17). The van der Waals surface area contributed by atoms with Crippen molar-refractivity contribution >= 4 is 11.6 Å². The Bertz CT molecular complexity index is 552. The average Bonchev–Trinajstić information content (AvgIpc) is 2.81. The van der Waals surface area contributed by atoms with Gasteiger partial charge in [-0.2, -0.15) is 0 Å². The number of nitrogens with zero attached hydrogens (tertiary/aromatic N) is 4. The van der Waals surface area contributed by atoms with E-state index in [0.717, 1.165) is 49.3 Å². The average molecular weight is 273 g/mol. The number of aromatic nitrogens is 3. The number of rotatable bonds is 3. The molecule has 0 radical (unpaired) electrons. The fourth-order valence-corrected chi connectivity index (χ4v) is 2.31. The third-order valence-electron chi connectivity index (χ3n) is 3.48. The van der Waals surface area contributed by atoms with Crippen molar-refractivity contribution in [3.05, 3.63) is 35.7 Å². The summed E-state index contributed by atoms with van der Waals surface area (Å²) in [6.07, 6.45) is 0. The van der Waals surface area contributed by atoms with Crippen molar-refractivity contribution in [2.45, 2.75) is 13.8 Å². The molecule has 1 saturated heterocycles. The molecule has 6 nitrogen and oxygen atoms in total. The van der Waals surface area contributed by atoms with E-state index >= 15 is 0 Å². The van der Waals surface area contributed by atoms with Crippen LogP contribution < -0.4 is 10.3 Å². The number of nitrogens with one attached hydrogen (secondary N) is 1. The first kappa shape index (κ1) is 12.9. The first-order valence-electron chi connectivity index (χ1n) is 6.82. The molecule has 3 rings (SSSR count). The molecule has 1 aliphatic rings. The third-order valence-corrected chi connectivity index (χ3v) is 3.48. The summed E-state index contributed by atoms with van der Waals surface area (Å²) in [5.41, 5.74) is 5.53. The summed E-state index contributed by atoms with van der Waals surface area (Å²) in [7, 11) is 0. The Morgan fingerprint density at radius 1 is 1.00 bits per heavy atom. The molecular formula is C14H19N5O. The summed E-state index contributed by atoms with van der Waals surface area (Å²) >= 11 is 0. The molecule has 1 N–H and O–H groups in total. The van der Waals surface area contributed by atoms with Gasteiger partial charge in [-0.1, -0.05) is 0 Å². The van der Waals surface area contributed by atoms with Gasteiger partial charge in [0.1, 0.15) is 0 Å². The van der Waals surface area contributed by atoms with Gasteiger partial charge in [0.05, 0.1) is 13.2 Å². The predicted octanol–water partition coefficient (Wildman–Crippen LogP) is 1.61. The first-order valence-corrected chi connectivity index (χ1v) is 6.82. The molecule has 20 heavy (non-hydrogen) atoms. The number of morpholine rings is 1. The molecule has 2 aromatic heterocycles. The van der Waals surface area contributed by atoms with E-state index in [1.807, 2.05) is 16.8 Å². The van der Waals surface area contributed by atoms with Gasteiger partial charge in [-0.15, -0.1) is 10.2 Å². The van der Waals surface area contributed by atoms with Crippen LogP contribution in [0.2, 0.25) is 0 Å². The minimum Gasteiger partial charge on any atom is -0.378 e. The maximum atomic E-state index is 5.34. The quantitative estimate of drug-likeness (QED) is 0.920. The largest absolute Gasteiger partial charge is 0.378 e. The van der Waals surface area contributed by atoms with E-state index in [0.29, 0.717) is 0 Å². The van der Waals surface area contributed by atoms with Crippen LogP contribution in [0.4, 0.5) is 11.6 Å². The van der Waals surface area contributed by atoms with Crippen molar-refractivity contribution in [2.75, 3.05) is 36.6 Å². The lowest BCUT2D eigenvalue weighted by atomic mass is 10.4. The van der Waals surface area contributed by atoms with Crippen molar-refractivity contribution < 1.29 is 4.74 Å². The Morgan fingerprint density at radius 3 is 2.30 bits per heavy atom. The highest BCUT2D eigenvalue weighted by molar-refractivity contribution is 5.44. The van der Waals surface area contributed by atoms with Crippen LogP contribution in [0, 0.1) is 13.8 Å². The number of hydrogen-bond donors (Lipinski definition) is 1. The second-order valence-corrected chi connectivity index (χ2v) is 4.94. The van der Waals surface area contributed by atoms with Gasteiger partial charge in [0.2, 0.25) is 0 Å². The van der Waals surface area contributed by atoms with Crippen molar-refractivity contribution in [3.63, 3.8) is 0 Å². The molecule has 106 valence electrons. The molecule has 6 heteroatoms. The Morgan fingerprint density at radius 2 is 1.70 bits per heavy atom. The van der Waals surface area contributed by atoms with E-state index in [9.17, 15) is 0 Å². The van der Waals surface area contributed by atoms with E-state index in [1.165, 1.54) is 0 Å². The Balaban J connectivity index is 1.73. The minimum atomic E-state index is 0.740. The molecule has 0 spiro atoms. The molecule has 0 amide bonds. The summed E-state index contributed by atoms with van der Waals surface area (Å²) in [5, 5.41) is 8.53. The fourth-order valence-electron chi connectivity index (χ4n) is 2.31. The molecule has 1 fully saturated rings. The maximum Gasteiger partial charge on any atom is 0.167 e. The van der Waals surface area contributed by atoms with E-state index < -0.39 is 0 Å². The summed E-state index contributed by atoms with van der Waals surface area (Å²) in [6, 6.07) is 8.08. The molecule has 0 aliphatic carbocycles. The summed E-state index contributed by atoms with van der Waals surface area (Å²) in [4.78, 5) is 2.19. The van der Waals surface area contributed by atoms with E-state index in [4.69, 9.17) is 4.74 Å². The van der Waals surface area contributed by atoms with Crippen LogP contribution in [0.15, 0.2) is 24.3 Å². The first-order chi connectivity index (χ1) is 9.74.